The van der Waals surface area contributed by atoms with Gasteiger partial charge in [-0.1, -0.05) is 12.1 Å². The van der Waals surface area contributed by atoms with Crippen LogP contribution < -0.4 is 11.1 Å². The van der Waals surface area contributed by atoms with Gasteiger partial charge in [0.25, 0.3) is 11.4 Å². The summed E-state index contributed by atoms with van der Waals surface area (Å²) in [6.45, 7) is 3.51. The molecule has 3 N–H and O–H groups in total. The third-order valence-electron chi connectivity index (χ3n) is 3.34. The zero-order valence-corrected chi connectivity index (χ0v) is 13.0. The molecule has 0 radical (unpaired) electrons. The van der Waals surface area contributed by atoms with E-state index in [9.17, 15) is 20.2 Å². The zero-order valence-electron chi connectivity index (χ0n) is 13.0. The van der Waals surface area contributed by atoms with Crippen LogP contribution in [-0.4, -0.2) is 15.8 Å². The Hall–Kier alpha value is -3.49. The number of benzene rings is 2. The molecule has 0 aliphatic rings. The first kappa shape index (κ1) is 16.9. The van der Waals surface area contributed by atoms with Crippen molar-refractivity contribution in [3.63, 3.8) is 0 Å². The van der Waals surface area contributed by atoms with Crippen molar-refractivity contribution in [2.24, 2.45) is 10.7 Å². The van der Waals surface area contributed by atoms with Gasteiger partial charge in [0.05, 0.1) is 21.2 Å². The van der Waals surface area contributed by atoms with Crippen LogP contribution in [0.15, 0.2) is 41.4 Å². The normalized spacial score (nSPS) is 11.2. The molecule has 9 heteroatoms. The SMILES string of the molecule is Cc1ccc([N+](=O)[O-])cc1N=C(N)Nc1cc([N+](=O)[O-])ccc1C. The summed E-state index contributed by atoms with van der Waals surface area (Å²) < 4.78 is 0. The number of nitrogens with one attached hydrogen (secondary N) is 1. The minimum absolute atomic E-state index is 0.0257. The molecule has 124 valence electrons. The summed E-state index contributed by atoms with van der Waals surface area (Å²) in [6, 6.07) is 8.58. The highest BCUT2D eigenvalue weighted by molar-refractivity contribution is 5.95. The summed E-state index contributed by atoms with van der Waals surface area (Å²) in [5.41, 5.74) is 7.88. The molecule has 2 aromatic rings. The Balaban J connectivity index is 2.33. The van der Waals surface area contributed by atoms with Crippen molar-refractivity contribution in [1.29, 1.82) is 0 Å². The van der Waals surface area contributed by atoms with Gasteiger partial charge in [-0.05, 0) is 25.0 Å². The van der Waals surface area contributed by atoms with Crippen molar-refractivity contribution < 1.29 is 9.85 Å². The predicted octanol–water partition coefficient (Wildman–Crippen LogP) is 3.18. The largest absolute Gasteiger partial charge is 0.369 e. The van der Waals surface area contributed by atoms with E-state index >= 15 is 0 Å². The van der Waals surface area contributed by atoms with Crippen LogP contribution in [0.2, 0.25) is 0 Å². The minimum atomic E-state index is -0.521. The van der Waals surface area contributed by atoms with Crippen LogP contribution >= 0.6 is 0 Å². The molecule has 2 aromatic carbocycles. The van der Waals surface area contributed by atoms with Gasteiger partial charge in [-0.2, -0.15) is 0 Å². The van der Waals surface area contributed by atoms with E-state index in [-0.39, 0.29) is 17.3 Å². The van der Waals surface area contributed by atoms with Crippen molar-refractivity contribution in [3.05, 3.63) is 67.8 Å². The lowest BCUT2D eigenvalue weighted by molar-refractivity contribution is -0.385. The second-order valence-electron chi connectivity index (χ2n) is 5.11. The summed E-state index contributed by atoms with van der Waals surface area (Å²) in [7, 11) is 0. The summed E-state index contributed by atoms with van der Waals surface area (Å²) in [4.78, 5) is 24.8. The number of anilines is 1. The molecule has 9 nitrogen and oxygen atoms in total. The number of non-ortho nitro benzene ring substituents is 2. The first-order valence-corrected chi connectivity index (χ1v) is 6.89. The molecule has 0 saturated carbocycles. The van der Waals surface area contributed by atoms with E-state index in [1.807, 2.05) is 0 Å². The van der Waals surface area contributed by atoms with Gasteiger partial charge in [-0.3, -0.25) is 20.2 Å². The number of hydrogen-bond acceptors (Lipinski definition) is 5. The fourth-order valence-electron chi connectivity index (χ4n) is 1.99. The molecule has 0 aromatic heterocycles. The Labute approximate surface area is 137 Å². The smallest absolute Gasteiger partial charge is 0.271 e. The van der Waals surface area contributed by atoms with Crippen molar-refractivity contribution in [2.45, 2.75) is 13.8 Å². The second kappa shape index (κ2) is 6.73. The molecule has 0 spiro atoms. The Morgan fingerprint density at radius 3 is 2.12 bits per heavy atom. The Bertz CT molecular complexity index is 848. The van der Waals surface area contributed by atoms with Gasteiger partial charge in [-0.25, -0.2) is 4.99 Å². The Kier molecular flexibility index (Phi) is 4.73. The van der Waals surface area contributed by atoms with Gasteiger partial charge in [0.15, 0.2) is 5.96 Å². The molecule has 0 aliphatic heterocycles. The number of aryl methyl sites for hydroxylation is 2. The fourth-order valence-corrected chi connectivity index (χ4v) is 1.99. The summed E-state index contributed by atoms with van der Waals surface area (Å²) in [5, 5.41) is 24.5. The molecular weight excluding hydrogens is 314 g/mol. The molecule has 0 aliphatic carbocycles. The van der Waals surface area contributed by atoms with Gasteiger partial charge < -0.3 is 11.1 Å². The maximum absolute atomic E-state index is 10.8. The molecule has 24 heavy (non-hydrogen) atoms. The van der Waals surface area contributed by atoms with Crippen LogP contribution in [0.25, 0.3) is 0 Å². The molecule has 0 heterocycles. The minimum Gasteiger partial charge on any atom is -0.369 e. The maximum atomic E-state index is 10.8. The summed E-state index contributed by atoms with van der Waals surface area (Å²) in [5.74, 6) is -0.0257. The fraction of sp³-hybridized carbons (Fsp3) is 0.133. The Morgan fingerprint density at radius 1 is 1.00 bits per heavy atom. The summed E-state index contributed by atoms with van der Waals surface area (Å²) >= 11 is 0. The number of aliphatic imine (C=N–C) groups is 1. The van der Waals surface area contributed by atoms with Crippen LogP contribution in [0.3, 0.4) is 0 Å². The topological polar surface area (TPSA) is 137 Å². The molecular formula is C15H15N5O4. The summed E-state index contributed by atoms with van der Waals surface area (Å²) in [6.07, 6.45) is 0. The number of rotatable bonds is 4. The number of nitrogens with two attached hydrogens (primary N) is 1. The number of nitro benzene ring substituents is 2. The van der Waals surface area contributed by atoms with E-state index < -0.39 is 9.85 Å². The second-order valence-corrected chi connectivity index (χ2v) is 5.11. The van der Waals surface area contributed by atoms with Crippen molar-refractivity contribution in [3.8, 4) is 0 Å². The molecule has 0 amide bonds. The van der Waals surface area contributed by atoms with Gasteiger partial charge in [-0.15, -0.1) is 0 Å². The van der Waals surface area contributed by atoms with Gasteiger partial charge in [0, 0.05) is 24.3 Å². The van der Waals surface area contributed by atoms with Crippen LogP contribution in [0.5, 0.6) is 0 Å². The average molecular weight is 329 g/mol. The first-order chi connectivity index (χ1) is 11.3. The standard InChI is InChI=1S/C15H15N5O4/c1-9-3-5-11(19(21)22)7-13(9)17-15(16)18-14-8-12(20(23)24)6-4-10(14)2/h3-8H,1-2H3,(H3,16,17,18). The van der Waals surface area contributed by atoms with E-state index in [1.165, 1.54) is 24.3 Å². The van der Waals surface area contributed by atoms with E-state index in [2.05, 4.69) is 10.3 Å². The number of guanidine groups is 1. The molecule has 2 rings (SSSR count). The first-order valence-electron chi connectivity index (χ1n) is 6.89. The lowest BCUT2D eigenvalue weighted by Gasteiger charge is -2.09. The molecule has 0 fully saturated rings. The number of nitrogens with zero attached hydrogens (tertiary/aromatic N) is 3. The van der Waals surface area contributed by atoms with Crippen molar-refractivity contribution >= 4 is 28.7 Å². The van der Waals surface area contributed by atoms with Gasteiger partial charge in [0.1, 0.15) is 0 Å². The highest BCUT2D eigenvalue weighted by Gasteiger charge is 2.11. The highest BCUT2D eigenvalue weighted by atomic mass is 16.6. The lowest BCUT2D eigenvalue weighted by Crippen LogP contribution is -2.22. The maximum Gasteiger partial charge on any atom is 0.271 e. The van der Waals surface area contributed by atoms with E-state index in [4.69, 9.17) is 5.73 Å². The monoisotopic (exact) mass is 329 g/mol. The van der Waals surface area contributed by atoms with E-state index in [1.54, 1.807) is 26.0 Å². The van der Waals surface area contributed by atoms with Crippen LogP contribution in [0.4, 0.5) is 22.7 Å². The zero-order chi connectivity index (χ0) is 17.9. The van der Waals surface area contributed by atoms with E-state index in [0.717, 1.165) is 5.56 Å². The molecule has 0 saturated heterocycles. The van der Waals surface area contributed by atoms with Crippen LogP contribution in [0, 0.1) is 34.1 Å². The van der Waals surface area contributed by atoms with Gasteiger partial charge >= 0.3 is 0 Å². The quantitative estimate of drug-likeness (QED) is 0.382. The number of hydrogen-bond donors (Lipinski definition) is 2. The van der Waals surface area contributed by atoms with Crippen LogP contribution in [0.1, 0.15) is 11.1 Å². The third kappa shape index (κ3) is 3.83. The van der Waals surface area contributed by atoms with Gasteiger partial charge in [0.2, 0.25) is 0 Å². The van der Waals surface area contributed by atoms with E-state index in [0.29, 0.717) is 16.9 Å². The average Bonchev–Trinajstić information content (AvgIpc) is 2.51. The predicted molar refractivity (Wildman–Crippen MR) is 90.6 cm³/mol. The van der Waals surface area contributed by atoms with Crippen LogP contribution in [-0.2, 0) is 0 Å². The highest BCUT2D eigenvalue weighted by Crippen LogP contribution is 2.25. The van der Waals surface area contributed by atoms with Crippen molar-refractivity contribution in [1.82, 2.24) is 0 Å². The third-order valence-corrected chi connectivity index (χ3v) is 3.34. The molecule has 0 atom stereocenters. The van der Waals surface area contributed by atoms with Crippen molar-refractivity contribution in [2.75, 3.05) is 5.32 Å². The number of nitro groups is 2. The lowest BCUT2D eigenvalue weighted by atomic mass is 10.2. The molecule has 0 bridgehead atoms. The Morgan fingerprint density at radius 2 is 1.54 bits per heavy atom. The molecule has 0 unspecified atom stereocenters.